The van der Waals surface area contributed by atoms with Gasteiger partial charge in [-0.05, 0) is 47.9 Å². The number of nitrogens with zero attached hydrogens (tertiary/aromatic N) is 2. The summed E-state index contributed by atoms with van der Waals surface area (Å²) in [6, 6.07) is 10.6. The molecule has 0 saturated carbocycles. The number of carbonyl (C=O) groups is 3. The van der Waals surface area contributed by atoms with E-state index in [2.05, 4.69) is 20.6 Å². The first-order chi connectivity index (χ1) is 20.5. The third kappa shape index (κ3) is 8.85. The van der Waals surface area contributed by atoms with Crippen molar-refractivity contribution in [2.45, 2.75) is 38.2 Å². The van der Waals surface area contributed by atoms with E-state index in [1.54, 1.807) is 18.2 Å². The van der Waals surface area contributed by atoms with Gasteiger partial charge in [0, 0.05) is 11.8 Å². The van der Waals surface area contributed by atoms with Gasteiger partial charge in [-0.2, -0.15) is 31.3 Å². The maximum atomic E-state index is 14.8. The number of aromatic nitrogens is 2. The van der Waals surface area contributed by atoms with Gasteiger partial charge >= 0.3 is 24.3 Å². The number of carboxylic acids is 2. The summed E-state index contributed by atoms with van der Waals surface area (Å²) in [6.45, 7) is 1.82. The van der Waals surface area contributed by atoms with Crippen LogP contribution in [0.3, 0.4) is 0 Å². The smallest absolute Gasteiger partial charge is 0.480 e. The molecule has 0 aliphatic carbocycles. The first-order valence-electron chi connectivity index (χ1n) is 12.3. The van der Waals surface area contributed by atoms with E-state index >= 15 is 0 Å². The predicted molar refractivity (Wildman–Crippen MR) is 145 cm³/mol. The molecule has 17 heteroatoms. The van der Waals surface area contributed by atoms with Crippen LogP contribution in [0.4, 0.5) is 41.6 Å². The second-order valence-electron chi connectivity index (χ2n) is 8.92. The van der Waals surface area contributed by atoms with E-state index in [4.69, 9.17) is 9.90 Å². The van der Waals surface area contributed by atoms with Crippen molar-refractivity contribution >= 4 is 50.3 Å². The quantitative estimate of drug-likeness (QED) is 0.152. The van der Waals surface area contributed by atoms with Crippen LogP contribution in [0.1, 0.15) is 35.7 Å². The number of alkyl halides is 6. The summed E-state index contributed by atoms with van der Waals surface area (Å²) in [5.41, 5.74) is 0.704. The van der Waals surface area contributed by atoms with E-state index < -0.39 is 47.6 Å². The van der Waals surface area contributed by atoms with Gasteiger partial charge in [-0.3, -0.25) is 4.79 Å². The Morgan fingerprint density at radius 2 is 1.57 bits per heavy atom. The number of carboxylic acid groups (broad SMARTS) is 2. The lowest BCUT2D eigenvalue weighted by Crippen LogP contribution is -2.40. The van der Waals surface area contributed by atoms with Crippen molar-refractivity contribution in [1.82, 2.24) is 15.3 Å². The predicted octanol–water partition coefficient (Wildman–Crippen LogP) is 6.88. The minimum Gasteiger partial charge on any atom is -0.480 e. The van der Waals surface area contributed by atoms with Gasteiger partial charge in [0.2, 0.25) is 0 Å². The molecule has 0 bridgehead atoms. The number of fused-ring (bicyclic) bond motifs is 1. The molecule has 4 aromatic rings. The molecule has 2 heterocycles. The summed E-state index contributed by atoms with van der Waals surface area (Å²) in [4.78, 5) is 40.4. The minimum atomic E-state index is -5.08. The maximum absolute atomic E-state index is 14.8. The molecule has 0 unspecified atom stereocenters. The molecular weight excluding hydrogens is 625 g/mol. The number of carbonyl (C=O) groups excluding carboxylic acids is 1. The molecule has 4 rings (SSSR count). The normalized spacial score (nSPS) is 12.2. The zero-order valence-corrected chi connectivity index (χ0v) is 23.1. The van der Waals surface area contributed by atoms with Gasteiger partial charge in [-0.15, -0.1) is 0 Å². The molecule has 0 aliphatic rings. The first kappa shape index (κ1) is 33.7. The number of hydrogen-bond acceptors (Lipinski definition) is 7. The van der Waals surface area contributed by atoms with Crippen molar-refractivity contribution in [2.24, 2.45) is 0 Å². The van der Waals surface area contributed by atoms with E-state index in [1.807, 2.05) is 6.92 Å². The number of nitrogens with one attached hydrogen (secondary N) is 2. The molecule has 2 aromatic heterocycles. The lowest BCUT2D eigenvalue weighted by atomic mass is 10.0. The minimum absolute atomic E-state index is 0.0745. The van der Waals surface area contributed by atoms with Crippen LogP contribution in [-0.4, -0.2) is 50.2 Å². The Labute approximate surface area is 247 Å². The van der Waals surface area contributed by atoms with Gasteiger partial charge in [0.1, 0.15) is 11.9 Å². The molecule has 234 valence electrons. The summed E-state index contributed by atoms with van der Waals surface area (Å²) in [7, 11) is 0. The second kappa shape index (κ2) is 13.7. The van der Waals surface area contributed by atoms with E-state index in [-0.39, 0.29) is 26.7 Å². The third-order valence-electron chi connectivity index (χ3n) is 5.69. The Kier molecular flexibility index (Phi) is 10.5. The summed E-state index contributed by atoms with van der Waals surface area (Å²) in [6.07, 6.45) is -8.01. The average molecular weight is 647 g/mol. The maximum Gasteiger partial charge on any atom is 0.490 e. The van der Waals surface area contributed by atoms with Gasteiger partial charge in [0.25, 0.3) is 5.91 Å². The molecule has 9 nitrogen and oxygen atoms in total. The van der Waals surface area contributed by atoms with E-state index in [9.17, 15) is 45.4 Å². The Bertz CT molecular complexity index is 1660. The number of anilines is 2. The number of pyridine rings is 1. The second-order valence-corrected chi connectivity index (χ2v) is 9.95. The lowest BCUT2D eigenvalue weighted by Gasteiger charge is -2.13. The standard InChI is InChI=1S/C25H20F4N4O3S.C2HF3O2/c1-2-3-19(23(35)36)31-22(34)14-6-4-13(5-7-14)15-8-9-18(17(26)10-15)32-24-33-21-20(37-24)11-16(12-30-21)25(27,28)29;3-2(4,5)1(6)7/h4-12,19H,2-3H2,1H3,(H,31,34)(H,35,36)(H,30,32,33);(H,6,7)/t19-;/m0./s1. The number of halogens is 7. The number of amides is 1. The van der Waals surface area contributed by atoms with Crippen LogP contribution >= 0.6 is 11.3 Å². The van der Waals surface area contributed by atoms with Crippen LogP contribution in [0.5, 0.6) is 0 Å². The van der Waals surface area contributed by atoms with Gasteiger partial charge in [-0.25, -0.2) is 19.0 Å². The molecule has 1 amide bonds. The molecule has 0 saturated heterocycles. The first-order valence-corrected chi connectivity index (χ1v) is 13.2. The van der Waals surface area contributed by atoms with Crippen LogP contribution in [0, 0.1) is 5.82 Å². The third-order valence-corrected chi connectivity index (χ3v) is 6.60. The van der Waals surface area contributed by atoms with Crippen LogP contribution in [0.15, 0.2) is 54.7 Å². The summed E-state index contributed by atoms with van der Waals surface area (Å²) in [5.74, 6) is -5.01. The van der Waals surface area contributed by atoms with Crippen molar-refractivity contribution in [3.63, 3.8) is 0 Å². The van der Waals surface area contributed by atoms with Crippen molar-refractivity contribution in [3.05, 3.63) is 71.7 Å². The Hall–Kier alpha value is -4.80. The fourth-order valence-electron chi connectivity index (χ4n) is 3.54. The number of rotatable bonds is 8. The van der Waals surface area contributed by atoms with Gasteiger partial charge in [0.15, 0.2) is 10.8 Å². The lowest BCUT2D eigenvalue weighted by molar-refractivity contribution is -0.192. The fourth-order valence-corrected chi connectivity index (χ4v) is 4.42. The average Bonchev–Trinajstić information content (AvgIpc) is 3.35. The molecule has 0 radical (unpaired) electrons. The van der Waals surface area contributed by atoms with Crippen LogP contribution < -0.4 is 10.6 Å². The zero-order valence-electron chi connectivity index (χ0n) is 22.3. The van der Waals surface area contributed by atoms with E-state index in [0.29, 0.717) is 30.2 Å². The fraction of sp³-hybridized carbons (Fsp3) is 0.222. The van der Waals surface area contributed by atoms with E-state index in [0.717, 1.165) is 17.4 Å². The topological polar surface area (TPSA) is 142 Å². The highest BCUT2D eigenvalue weighted by Gasteiger charge is 2.38. The highest BCUT2D eigenvalue weighted by Crippen LogP contribution is 2.34. The SMILES string of the molecule is CCC[C@H](NC(=O)c1ccc(-c2ccc(Nc3nc4ncc(C(F)(F)F)cc4s3)c(F)c2)cc1)C(=O)O.O=C(O)C(F)(F)F. The van der Waals surface area contributed by atoms with Crippen molar-refractivity contribution < 1.29 is 55.3 Å². The number of aliphatic carboxylic acids is 2. The zero-order chi connectivity index (χ0) is 32.8. The number of thiazole rings is 1. The van der Waals surface area contributed by atoms with Crippen LogP contribution in [0.2, 0.25) is 0 Å². The molecule has 2 aromatic carbocycles. The summed E-state index contributed by atoms with van der Waals surface area (Å²) < 4.78 is 85.5. The highest BCUT2D eigenvalue weighted by atomic mass is 32.1. The number of benzene rings is 2. The molecule has 0 fully saturated rings. The highest BCUT2D eigenvalue weighted by molar-refractivity contribution is 7.22. The molecular formula is C27H21F7N4O5S. The van der Waals surface area contributed by atoms with Crippen molar-refractivity contribution in [3.8, 4) is 11.1 Å². The Morgan fingerprint density at radius 3 is 2.09 bits per heavy atom. The van der Waals surface area contributed by atoms with Gasteiger partial charge in [0.05, 0.1) is 16.0 Å². The number of hydrogen-bond donors (Lipinski definition) is 4. The summed E-state index contributed by atoms with van der Waals surface area (Å²) >= 11 is 0.919. The Morgan fingerprint density at radius 1 is 0.955 bits per heavy atom. The largest absolute Gasteiger partial charge is 0.490 e. The van der Waals surface area contributed by atoms with Gasteiger partial charge in [-0.1, -0.05) is 42.9 Å². The molecule has 4 N–H and O–H groups in total. The van der Waals surface area contributed by atoms with Crippen LogP contribution in [-0.2, 0) is 15.8 Å². The van der Waals surface area contributed by atoms with Crippen molar-refractivity contribution in [2.75, 3.05) is 5.32 Å². The van der Waals surface area contributed by atoms with Crippen molar-refractivity contribution in [1.29, 1.82) is 0 Å². The molecule has 0 aliphatic heterocycles. The molecule has 1 atom stereocenters. The van der Waals surface area contributed by atoms with Crippen LogP contribution in [0.25, 0.3) is 21.5 Å². The summed E-state index contributed by atoms with van der Waals surface area (Å²) in [5, 5.41) is 21.8. The Balaban J connectivity index is 0.000000676. The van der Waals surface area contributed by atoms with Gasteiger partial charge < -0.3 is 20.8 Å². The molecule has 0 spiro atoms. The molecule has 44 heavy (non-hydrogen) atoms. The van der Waals surface area contributed by atoms with E-state index in [1.165, 1.54) is 24.3 Å². The monoisotopic (exact) mass is 646 g/mol.